The number of hydrogen-bond acceptors (Lipinski definition) is 4. The average molecular weight is 566 g/mol. The summed E-state index contributed by atoms with van der Waals surface area (Å²) in [7, 11) is 0. The third-order valence-electron chi connectivity index (χ3n) is 8.04. The molecule has 0 spiro atoms. The van der Waals surface area contributed by atoms with Crippen LogP contribution >= 0.6 is 0 Å². The van der Waals surface area contributed by atoms with Gasteiger partial charge in [-0.05, 0) is 45.5 Å². The molecule has 4 nitrogen and oxygen atoms in total. The van der Waals surface area contributed by atoms with E-state index in [1.165, 1.54) is 16.7 Å². The highest BCUT2D eigenvalue weighted by Gasteiger charge is 2.21. The molecule has 0 bridgehead atoms. The summed E-state index contributed by atoms with van der Waals surface area (Å²) < 4.78 is 6.02. The van der Waals surface area contributed by atoms with Gasteiger partial charge in [0.1, 0.15) is 12.4 Å². The summed E-state index contributed by atoms with van der Waals surface area (Å²) in [6.45, 7) is 0.569. The first-order valence-electron chi connectivity index (χ1n) is 14.7. The van der Waals surface area contributed by atoms with E-state index < -0.39 is 0 Å². The van der Waals surface area contributed by atoms with Crippen molar-refractivity contribution in [3.63, 3.8) is 0 Å². The van der Waals surface area contributed by atoms with Crippen LogP contribution in [0.5, 0.6) is 5.75 Å². The predicted octanol–water partition coefficient (Wildman–Crippen LogP) is 9.77. The maximum Gasteiger partial charge on any atom is 0.164 e. The van der Waals surface area contributed by atoms with Crippen molar-refractivity contribution in [2.45, 2.75) is 6.61 Å². The van der Waals surface area contributed by atoms with Gasteiger partial charge < -0.3 is 4.74 Å². The van der Waals surface area contributed by atoms with Crippen molar-refractivity contribution < 1.29 is 4.74 Å². The van der Waals surface area contributed by atoms with Gasteiger partial charge in [-0.15, -0.1) is 0 Å². The highest BCUT2D eigenvalue weighted by molar-refractivity contribution is 5.89. The Hall–Kier alpha value is -5.87. The molecule has 0 radical (unpaired) electrons. The molecule has 0 saturated carbocycles. The van der Waals surface area contributed by atoms with E-state index in [9.17, 15) is 0 Å². The molecule has 208 valence electrons. The number of benzene rings is 6. The molecule has 1 aliphatic rings. The molecule has 0 unspecified atom stereocenters. The van der Waals surface area contributed by atoms with Gasteiger partial charge >= 0.3 is 0 Å². The Morgan fingerprint density at radius 1 is 0.386 bits per heavy atom. The number of ether oxygens (including phenoxy) is 1. The second-order valence-corrected chi connectivity index (χ2v) is 10.8. The monoisotopic (exact) mass is 565 g/mol. The Morgan fingerprint density at radius 2 is 0.909 bits per heavy atom. The van der Waals surface area contributed by atoms with Crippen molar-refractivity contribution >= 4 is 0 Å². The van der Waals surface area contributed by atoms with E-state index in [-0.39, 0.29) is 0 Å². The molecular formula is C40H27N3O. The largest absolute Gasteiger partial charge is 0.488 e. The van der Waals surface area contributed by atoms with Gasteiger partial charge in [0.05, 0.1) is 0 Å². The minimum Gasteiger partial charge on any atom is -0.488 e. The number of aromatic nitrogens is 3. The standard InChI is InChI=1S/C40H27N3O/c1-3-11-27(12-4-1)31-15-9-16-32(25-31)40-42-38(29-13-5-2-6-14-29)41-39(43-40)30-23-21-28(22-24-30)34-19-10-17-33-26-44-36-20-8-7-18-35(36)37(33)34/h1-25H,26H2. The zero-order chi connectivity index (χ0) is 29.3. The Kier molecular flexibility index (Phi) is 6.50. The molecule has 8 rings (SSSR count). The molecule has 1 aliphatic heterocycles. The molecule has 44 heavy (non-hydrogen) atoms. The van der Waals surface area contributed by atoms with E-state index in [0.717, 1.165) is 44.7 Å². The van der Waals surface area contributed by atoms with Crippen LogP contribution in [-0.2, 0) is 6.61 Å². The number of rotatable bonds is 5. The molecule has 2 heterocycles. The molecule has 0 amide bonds. The number of hydrogen-bond donors (Lipinski definition) is 0. The van der Waals surface area contributed by atoms with Crippen LogP contribution in [0.1, 0.15) is 5.56 Å². The normalized spacial score (nSPS) is 11.7. The lowest BCUT2D eigenvalue weighted by Gasteiger charge is -2.23. The maximum atomic E-state index is 6.02. The molecular weight excluding hydrogens is 538 g/mol. The Labute approximate surface area is 256 Å². The molecule has 0 atom stereocenters. The molecule has 7 aromatic rings. The van der Waals surface area contributed by atoms with Gasteiger partial charge in [0.2, 0.25) is 0 Å². The van der Waals surface area contributed by atoms with Gasteiger partial charge in [-0.3, -0.25) is 0 Å². The highest BCUT2D eigenvalue weighted by atomic mass is 16.5. The van der Waals surface area contributed by atoms with E-state index in [1.54, 1.807) is 0 Å². The Bertz CT molecular complexity index is 2110. The lowest BCUT2D eigenvalue weighted by molar-refractivity contribution is 0.302. The van der Waals surface area contributed by atoms with E-state index in [1.807, 2.05) is 48.5 Å². The van der Waals surface area contributed by atoms with Gasteiger partial charge in [-0.25, -0.2) is 15.0 Å². The van der Waals surface area contributed by atoms with E-state index in [4.69, 9.17) is 19.7 Å². The van der Waals surface area contributed by atoms with Crippen molar-refractivity contribution in [1.82, 2.24) is 15.0 Å². The summed E-state index contributed by atoms with van der Waals surface area (Å²) in [5.41, 5.74) is 11.0. The average Bonchev–Trinajstić information content (AvgIpc) is 3.12. The van der Waals surface area contributed by atoms with Crippen LogP contribution in [0.3, 0.4) is 0 Å². The van der Waals surface area contributed by atoms with Crippen molar-refractivity contribution in [2.75, 3.05) is 0 Å². The van der Waals surface area contributed by atoms with Crippen LogP contribution in [-0.4, -0.2) is 15.0 Å². The summed E-state index contributed by atoms with van der Waals surface area (Å²) in [6, 6.07) is 52.0. The Morgan fingerprint density at radius 3 is 1.66 bits per heavy atom. The summed E-state index contributed by atoms with van der Waals surface area (Å²) in [6.07, 6.45) is 0. The molecule has 0 fully saturated rings. The van der Waals surface area contributed by atoms with Gasteiger partial charge in [-0.2, -0.15) is 0 Å². The fraction of sp³-hybridized carbons (Fsp3) is 0.0250. The fourth-order valence-electron chi connectivity index (χ4n) is 5.85. The lowest BCUT2D eigenvalue weighted by atomic mass is 9.89. The zero-order valence-corrected chi connectivity index (χ0v) is 23.9. The molecule has 6 aromatic carbocycles. The summed E-state index contributed by atoms with van der Waals surface area (Å²) in [5.74, 6) is 2.85. The van der Waals surface area contributed by atoms with Crippen LogP contribution in [0.4, 0.5) is 0 Å². The quantitative estimate of drug-likeness (QED) is 0.208. The SMILES string of the molecule is c1ccc(-c2cccc(-c3nc(-c4ccccc4)nc(-c4ccc(-c5cccc6c5-c5ccccc5OC6)cc4)n3)c2)cc1. The van der Waals surface area contributed by atoms with E-state index in [0.29, 0.717) is 24.1 Å². The van der Waals surface area contributed by atoms with Crippen molar-refractivity contribution in [2.24, 2.45) is 0 Å². The highest BCUT2D eigenvalue weighted by Crippen LogP contribution is 2.43. The van der Waals surface area contributed by atoms with Crippen molar-refractivity contribution in [3.05, 3.63) is 157 Å². The summed E-state index contributed by atoms with van der Waals surface area (Å²) >= 11 is 0. The van der Waals surface area contributed by atoms with Crippen LogP contribution in [0.2, 0.25) is 0 Å². The van der Waals surface area contributed by atoms with Crippen LogP contribution in [0, 0.1) is 0 Å². The van der Waals surface area contributed by atoms with Crippen LogP contribution in [0.25, 0.3) is 67.5 Å². The lowest BCUT2D eigenvalue weighted by Crippen LogP contribution is -2.06. The zero-order valence-electron chi connectivity index (χ0n) is 23.9. The van der Waals surface area contributed by atoms with Crippen LogP contribution < -0.4 is 4.74 Å². The predicted molar refractivity (Wildman–Crippen MR) is 177 cm³/mol. The van der Waals surface area contributed by atoms with Gasteiger partial charge in [0.25, 0.3) is 0 Å². The van der Waals surface area contributed by atoms with E-state index in [2.05, 4.69) is 103 Å². The third-order valence-corrected chi connectivity index (χ3v) is 8.04. The minimum atomic E-state index is 0.569. The molecule has 4 heteroatoms. The van der Waals surface area contributed by atoms with Crippen molar-refractivity contribution in [3.8, 4) is 73.3 Å². The third kappa shape index (κ3) is 4.83. The topological polar surface area (TPSA) is 47.9 Å². The summed E-state index contributed by atoms with van der Waals surface area (Å²) in [5, 5.41) is 0. The minimum absolute atomic E-state index is 0.569. The summed E-state index contributed by atoms with van der Waals surface area (Å²) in [4.78, 5) is 14.9. The number of fused-ring (bicyclic) bond motifs is 3. The molecule has 0 aliphatic carbocycles. The maximum absolute atomic E-state index is 6.02. The number of para-hydroxylation sites is 1. The molecule has 0 saturated heterocycles. The first-order chi connectivity index (χ1) is 21.8. The van der Waals surface area contributed by atoms with Gasteiger partial charge in [0.15, 0.2) is 17.5 Å². The Balaban J connectivity index is 1.22. The number of nitrogens with zero attached hydrogens (tertiary/aromatic N) is 3. The molecule has 0 N–H and O–H groups in total. The first-order valence-corrected chi connectivity index (χ1v) is 14.7. The first kappa shape index (κ1) is 25.8. The van der Waals surface area contributed by atoms with Crippen LogP contribution in [0.15, 0.2) is 152 Å². The second kappa shape index (κ2) is 11.1. The smallest absolute Gasteiger partial charge is 0.164 e. The van der Waals surface area contributed by atoms with Gasteiger partial charge in [0, 0.05) is 22.3 Å². The van der Waals surface area contributed by atoms with E-state index >= 15 is 0 Å². The second-order valence-electron chi connectivity index (χ2n) is 10.8. The fourth-order valence-corrected chi connectivity index (χ4v) is 5.85. The van der Waals surface area contributed by atoms with Gasteiger partial charge in [-0.1, -0.05) is 140 Å². The van der Waals surface area contributed by atoms with Crippen molar-refractivity contribution in [1.29, 1.82) is 0 Å². The molecule has 1 aromatic heterocycles.